The predicted molar refractivity (Wildman–Crippen MR) is 96.7 cm³/mol. The van der Waals surface area contributed by atoms with E-state index in [0.717, 1.165) is 10.9 Å². The van der Waals surface area contributed by atoms with Gasteiger partial charge in [0.25, 0.3) is 0 Å². The van der Waals surface area contributed by atoms with Crippen molar-refractivity contribution in [3.05, 3.63) is 47.5 Å². The molecule has 7 nitrogen and oxygen atoms in total. The number of imidazole rings is 1. The first kappa shape index (κ1) is 16.9. The Bertz CT molecular complexity index is 946. The van der Waals surface area contributed by atoms with Crippen LogP contribution in [0.3, 0.4) is 0 Å². The minimum absolute atomic E-state index is 0.487. The molecule has 0 aliphatic heterocycles. The van der Waals surface area contributed by atoms with E-state index >= 15 is 0 Å². The van der Waals surface area contributed by atoms with Crippen LogP contribution in [0.4, 0.5) is 5.82 Å². The van der Waals surface area contributed by atoms with Crippen LogP contribution < -0.4 is 5.32 Å². The van der Waals surface area contributed by atoms with Crippen LogP contribution in [0.25, 0.3) is 22.9 Å². The number of nitriles is 1. The van der Waals surface area contributed by atoms with Crippen LogP contribution in [0, 0.1) is 11.3 Å². The van der Waals surface area contributed by atoms with Crippen molar-refractivity contribution in [2.45, 2.75) is 0 Å². The van der Waals surface area contributed by atoms with Gasteiger partial charge in [-0.15, -0.1) is 0 Å². The van der Waals surface area contributed by atoms with Gasteiger partial charge in [-0.3, -0.25) is 4.57 Å². The molecule has 3 aromatic rings. The number of nitrogens with one attached hydrogen (secondary N) is 1. The Kier molecular flexibility index (Phi) is 5.23. The number of hydrogen-bond acceptors (Lipinski definition) is 6. The van der Waals surface area contributed by atoms with E-state index in [4.69, 9.17) is 21.6 Å². The fourth-order valence-electron chi connectivity index (χ4n) is 2.31. The van der Waals surface area contributed by atoms with E-state index in [-0.39, 0.29) is 0 Å². The summed E-state index contributed by atoms with van der Waals surface area (Å²) in [5, 5.41) is 13.3. The standard InChI is InChI=1S/C17H15ClN6O/c1-25-8-6-21-16-13-9-12(3-2-4-19)14(18)10-15(13)22-17(23-16)24-7-5-20-11-24/h2-3,5,7,9-11H,6,8H2,1H3,(H,21,22,23)/b3-2+. The number of hydrogen-bond donors (Lipinski definition) is 1. The average molecular weight is 355 g/mol. The summed E-state index contributed by atoms with van der Waals surface area (Å²) in [7, 11) is 1.64. The first-order valence-corrected chi connectivity index (χ1v) is 7.89. The lowest BCUT2D eigenvalue weighted by molar-refractivity contribution is 0.210. The zero-order chi connectivity index (χ0) is 17.6. The number of benzene rings is 1. The molecule has 0 atom stereocenters. The summed E-state index contributed by atoms with van der Waals surface area (Å²) in [6.07, 6.45) is 8.10. The molecule has 2 aromatic heterocycles. The van der Waals surface area contributed by atoms with E-state index in [1.165, 1.54) is 6.08 Å². The maximum atomic E-state index is 8.73. The molecular weight excluding hydrogens is 340 g/mol. The van der Waals surface area contributed by atoms with E-state index in [1.807, 2.05) is 12.1 Å². The highest BCUT2D eigenvalue weighted by Crippen LogP contribution is 2.28. The zero-order valence-corrected chi connectivity index (χ0v) is 14.2. The van der Waals surface area contributed by atoms with Gasteiger partial charge >= 0.3 is 0 Å². The number of nitrogens with zero attached hydrogens (tertiary/aromatic N) is 5. The lowest BCUT2D eigenvalue weighted by Gasteiger charge is -2.12. The van der Waals surface area contributed by atoms with Crippen LogP contribution in [0.2, 0.25) is 5.02 Å². The van der Waals surface area contributed by atoms with Gasteiger partial charge in [0, 0.05) is 37.5 Å². The molecule has 25 heavy (non-hydrogen) atoms. The quantitative estimate of drug-likeness (QED) is 0.540. The van der Waals surface area contributed by atoms with Crippen molar-refractivity contribution >= 4 is 34.4 Å². The van der Waals surface area contributed by atoms with Crippen molar-refractivity contribution < 1.29 is 4.74 Å². The molecule has 0 amide bonds. The second kappa shape index (κ2) is 7.75. The molecule has 2 heterocycles. The fraction of sp³-hybridized carbons (Fsp3) is 0.176. The summed E-state index contributed by atoms with van der Waals surface area (Å²) in [4.78, 5) is 13.2. The molecule has 0 aliphatic rings. The average Bonchev–Trinajstić information content (AvgIpc) is 3.14. The summed E-state index contributed by atoms with van der Waals surface area (Å²) in [5.41, 5.74) is 1.42. The molecule has 0 saturated heterocycles. The highest BCUT2D eigenvalue weighted by atomic mass is 35.5. The third-order valence-electron chi connectivity index (χ3n) is 3.47. The summed E-state index contributed by atoms with van der Waals surface area (Å²) in [6, 6.07) is 5.58. The highest BCUT2D eigenvalue weighted by Gasteiger charge is 2.11. The monoisotopic (exact) mass is 354 g/mol. The number of fused-ring (bicyclic) bond motifs is 1. The Labute approximate surface area is 149 Å². The van der Waals surface area contributed by atoms with Crippen molar-refractivity contribution in [1.29, 1.82) is 5.26 Å². The van der Waals surface area contributed by atoms with Gasteiger partial charge in [-0.2, -0.15) is 10.2 Å². The first-order valence-electron chi connectivity index (χ1n) is 7.51. The normalized spacial score (nSPS) is 11.1. The van der Waals surface area contributed by atoms with Gasteiger partial charge < -0.3 is 10.1 Å². The minimum atomic E-state index is 0.487. The molecule has 1 N–H and O–H groups in total. The second-order valence-electron chi connectivity index (χ2n) is 5.12. The van der Waals surface area contributed by atoms with Crippen LogP contribution in [0.5, 0.6) is 0 Å². The molecule has 0 radical (unpaired) electrons. The summed E-state index contributed by atoms with van der Waals surface area (Å²) in [5.74, 6) is 1.15. The van der Waals surface area contributed by atoms with Gasteiger partial charge in [-0.1, -0.05) is 11.6 Å². The van der Waals surface area contributed by atoms with Gasteiger partial charge in [0.15, 0.2) is 0 Å². The van der Waals surface area contributed by atoms with E-state index in [0.29, 0.717) is 35.5 Å². The Morgan fingerprint density at radius 2 is 2.28 bits per heavy atom. The molecule has 0 unspecified atom stereocenters. The van der Waals surface area contributed by atoms with Crippen LogP contribution in [-0.2, 0) is 4.74 Å². The Morgan fingerprint density at radius 1 is 1.40 bits per heavy atom. The Balaban J connectivity index is 2.14. The van der Waals surface area contributed by atoms with Gasteiger partial charge in [0.05, 0.1) is 23.2 Å². The van der Waals surface area contributed by atoms with Gasteiger partial charge in [-0.05, 0) is 23.8 Å². The number of anilines is 1. The molecule has 0 fully saturated rings. The molecule has 1 aromatic carbocycles. The SMILES string of the molecule is COCCNc1nc(-n2ccnc2)nc2cc(Cl)c(/C=C/C#N)cc12. The van der Waals surface area contributed by atoms with Gasteiger partial charge in [0.2, 0.25) is 5.95 Å². The van der Waals surface area contributed by atoms with Crippen molar-refractivity contribution in [2.75, 3.05) is 25.6 Å². The third kappa shape index (κ3) is 3.76. The topological polar surface area (TPSA) is 88.7 Å². The first-order chi connectivity index (χ1) is 12.2. The minimum Gasteiger partial charge on any atom is -0.383 e. The zero-order valence-electron chi connectivity index (χ0n) is 13.5. The van der Waals surface area contributed by atoms with Crippen LogP contribution in [0.1, 0.15) is 5.56 Å². The van der Waals surface area contributed by atoms with E-state index < -0.39 is 0 Å². The summed E-state index contributed by atoms with van der Waals surface area (Å²) in [6.45, 7) is 1.14. The van der Waals surface area contributed by atoms with E-state index in [2.05, 4.69) is 20.3 Å². The molecule has 126 valence electrons. The molecule has 0 aliphatic carbocycles. The largest absolute Gasteiger partial charge is 0.383 e. The van der Waals surface area contributed by atoms with Crippen LogP contribution in [-0.4, -0.2) is 39.8 Å². The predicted octanol–water partition coefficient (Wildman–Crippen LogP) is 3.06. The molecule has 0 saturated carbocycles. The summed E-state index contributed by atoms with van der Waals surface area (Å²) < 4.78 is 6.81. The molecule has 0 spiro atoms. The van der Waals surface area contributed by atoms with E-state index in [9.17, 15) is 0 Å². The van der Waals surface area contributed by atoms with Crippen LogP contribution >= 0.6 is 11.6 Å². The lowest BCUT2D eigenvalue weighted by Crippen LogP contribution is -2.11. The van der Waals surface area contributed by atoms with Crippen molar-refractivity contribution in [3.63, 3.8) is 0 Å². The number of methoxy groups -OCH3 is 1. The molecule has 0 bridgehead atoms. The number of aromatic nitrogens is 4. The highest BCUT2D eigenvalue weighted by molar-refractivity contribution is 6.33. The second-order valence-corrected chi connectivity index (χ2v) is 5.52. The molecule has 8 heteroatoms. The Morgan fingerprint density at radius 3 is 3.00 bits per heavy atom. The van der Waals surface area contributed by atoms with Crippen molar-refractivity contribution in [2.24, 2.45) is 0 Å². The number of halogens is 1. The van der Waals surface area contributed by atoms with Gasteiger partial charge in [0.1, 0.15) is 12.1 Å². The molecule has 3 rings (SSSR count). The Hall–Kier alpha value is -2.95. The molecular formula is C17H15ClN6O. The fourth-order valence-corrected chi connectivity index (χ4v) is 2.53. The maximum Gasteiger partial charge on any atom is 0.237 e. The number of rotatable bonds is 6. The van der Waals surface area contributed by atoms with Crippen molar-refractivity contribution in [3.8, 4) is 12.0 Å². The summed E-state index contributed by atoms with van der Waals surface area (Å²) >= 11 is 6.31. The third-order valence-corrected chi connectivity index (χ3v) is 3.80. The van der Waals surface area contributed by atoms with Crippen LogP contribution in [0.15, 0.2) is 36.9 Å². The smallest absolute Gasteiger partial charge is 0.237 e. The maximum absolute atomic E-state index is 8.73. The van der Waals surface area contributed by atoms with E-state index in [1.54, 1.807) is 42.5 Å². The van der Waals surface area contributed by atoms with Crippen molar-refractivity contribution in [1.82, 2.24) is 19.5 Å². The van der Waals surface area contributed by atoms with Gasteiger partial charge in [-0.25, -0.2) is 9.97 Å². The number of allylic oxidation sites excluding steroid dienone is 1. The lowest BCUT2D eigenvalue weighted by atomic mass is 10.1. The number of ether oxygens (including phenoxy) is 1.